The third-order valence-electron chi connectivity index (χ3n) is 3.11. The van der Waals surface area contributed by atoms with E-state index >= 15 is 0 Å². The van der Waals surface area contributed by atoms with Crippen molar-refractivity contribution in [1.29, 1.82) is 0 Å². The maximum absolute atomic E-state index is 12.4. The van der Waals surface area contributed by atoms with Crippen molar-refractivity contribution >= 4 is 29.1 Å². The first kappa shape index (κ1) is 13.6. The van der Waals surface area contributed by atoms with Crippen molar-refractivity contribution in [3.8, 4) is 0 Å². The molecule has 0 aliphatic carbocycles. The number of pyridine rings is 1. The molecular formula is C12H14Cl2N2O2. The third-order valence-corrected chi connectivity index (χ3v) is 3.63. The molecule has 1 atom stereocenters. The molecule has 0 spiro atoms. The van der Waals surface area contributed by atoms with Crippen LogP contribution in [0.1, 0.15) is 29.8 Å². The van der Waals surface area contributed by atoms with Gasteiger partial charge in [-0.2, -0.15) is 0 Å². The Kier molecular flexibility index (Phi) is 4.43. The van der Waals surface area contributed by atoms with Crippen LogP contribution in [0.2, 0.25) is 10.2 Å². The number of aromatic nitrogens is 1. The van der Waals surface area contributed by atoms with E-state index in [0.29, 0.717) is 6.54 Å². The molecule has 0 radical (unpaired) electrons. The number of likely N-dealkylation sites (tertiary alicyclic amines) is 1. The molecule has 0 bridgehead atoms. The summed E-state index contributed by atoms with van der Waals surface area (Å²) >= 11 is 11.8. The number of hydrogen-bond acceptors (Lipinski definition) is 3. The Hall–Kier alpha value is -0.840. The maximum Gasteiger partial charge on any atom is 0.274 e. The first-order valence-electron chi connectivity index (χ1n) is 5.87. The molecule has 0 aromatic carbocycles. The highest BCUT2D eigenvalue weighted by atomic mass is 35.5. The summed E-state index contributed by atoms with van der Waals surface area (Å²) in [5.74, 6) is -0.263. The molecule has 1 aliphatic rings. The number of aliphatic hydroxyl groups is 1. The predicted molar refractivity (Wildman–Crippen MR) is 70.0 cm³/mol. The first-order valence-corrected chi connectivity index (χ1v) is 6.63. The fraction of sp³-hybridized carbons (Fsp3) is 0.500. The Morgan fingerprint density at radius 1 is 1.44 bits per heavy atom. The fourth-order valence-corrected chi connectivity index (χ4v) is 2.50. The minimum absolute atomic E-state index is 0.0378. The third kappa shape index (κ3) is 2.76. The van der Waals surface area contributed by atoms with Gasteiger partial charge in [0.15, 0.2) is 0 Å². The van der Waals surface area contributed by atoms with Gasteiger partial charge in [0.1, 0.15) is 10.8 Å². The Labute approximate surface area is 116 Å². The van der Waals surface area contributed by atoms with E-state index in [1.54, 1.807) is 17.0 Å². The lowest BCUT2D eigenvalue weighted by Crippen LogP contribution is -2.46. The van der Waals surface area contributed by atoms with Crippen LogP contribution in [-0.2, 0) is 0 Å². The van der Waals surface area contributed by atoms with Crippen LogP contribution in [0.5, 0.6) is 0 Å². The Bertz CT molecular complexity index is 454. The molecule has 98 valence electrons. The molecule has 2 rings (SSSR count). The van der Waals surface area contributed by atoms with Crippen LogP contribution in [0.15, 0.2) is 12.1 Å². The number of hydrogen-bond donors (Lipinski definition) is 1. The largest absolute Gasteiger partial charge is 0.394 e. The number of amides is 1. The molecule has 1 N–H and O–H groups in total. The summed E-state index contributed by atoms with van der Waals surface area (Å²) in [5.41, 5.74) is 0.157. The standard InChI is InChI=1S/C12H14Cl2N2O2/c13-9-4-5-10(14)15-11(9)12(18)16-6-2-1-3-8(16)7-17/h4-5,8,17H,1-3,6-7H2. The molecule has 1 aromatic heterocycles. The molecule has 18 heavy (non-hydrogen) atoms. The molecule has 1 fully saturated rings. The number of rotatable bonds is 2. The average molecular weight is 289 g/mol. The van der Waals surface area contributed by atoms with E-state index in [9.17, 15) is 9.90 Å². The van der Waals surface area contributed by atoms with Gasteiger partial charge in [0.25, 0.3) is 5.91 Å². The van der Waals surface area contributed by atoms with Gasteiger partial charge >= 0.3 is 0 Å². The second kappa shape index (κ2) is 5.87. The molecule has 1 saturated heterocycles. The lowest BCUT2D eigenvalue weighted by Gasteiger charge is -2.34. The number of nitrogens with zero attached hydrogens (tertiary/aromatic N) is 2. The SMILES string of the molecule is O=C(c1nc(Cl)ccc1Cl)N1CCCCC1CO. The topological polar surface area (TPSA) is 53.4 Å². The van der Waals surface area contributed by atoms with Crippen LogP contribution in [0.4, 0.5) is 0 Å². The van der Waals surface area contributed by atoms with E-state index < -0.39 is 0 Å². The lowest BCUT2D eigenvalue weighted by atomic mass is 10.0. The molecular weight excluding hydrogens is 275 g/mol. The second-order valence-corrected chi connectivity index (χ2v) is 5.09. The summed E-state index contributed by atoms with van der Waals surface area (Å²) < 4.78 is 0. The predicted octanol–water partition coefficient (Wildman–Crippen LogP) is 2.38. The molecule has 1 aliphatic heterocycles. The van der Waals surface area contributed by atoms with Crippen molar-refractivity contribution in [3.05, 3.63) is 28.0 Å². The Morgan fingerprint density at radius 2 is 2.22 bits per heavy atom. The average Bonchev–Trinajstić information content (AvgIpc) is 2.40. The summed E-state index contributed by atoms with van der Waals surface area (Å²) in [6.45, 7) is 0.582. The number of carbonyl (C=O) groups excluding carboxylic acids is 1. The van der Waals surface area contributed by atoms with Crippen LogP contribution in [0.25, 0.3) is 0 Å². The molecule has 4 nitrogen and oxygen atoms in total. The Morgan fingerprint density at radius 3 is 2.94 bits per heavy atom. The summed E-state index contributed by atoms with van der Waals surface area (Å²) in [5, 5.41) is 9.83. The van der Waals surface area contributed by atoms with E-state index in [1.165, 1.54) is 0 Å². The molecule has 6 heteroatoms. The normalized spacial score (nSPS) is 19.9. The van der Waals surface area contributed by atoms with Crippen molar-refractivity contribution in [3.63, 3.8) is 0 Å². The lowest BCUT2D eigenvalue weighted by molar-refractivity contribution is 0.0497. The molecule has 2 heterocycles. The van der Waals surface area contributed by atoms with Gasteiger partial charge < -0.3 is 10.0 Å². The maximum atomic E-state index is 12.4. The summed E-state index contributed by atoms with van der Waals surface area (Å²) in [4.78, 5) is 18.0. The zero-order chi connectivity index (χ0) is 13.1. The van der Waals surface area contributed by atoms with Gasteiger partial charge in [-0.3, -0.25) is 4.79 Å². The van der Waals surface area contributed by atoms with E-state index in [1.807, 2.05) is 0 Å². The van der Waals surface area contributed by atoms with E-state index in [2.05, 4.69) is 4.98 Å². The highest BCUT2D eigenvalue weighted by molar-refractivity contribution is 6.34. The van der Waals surface area contributed by atoms with Gasteiger partial charge in [-0.15, -0.1) is 0 Å². The Balaban J connectivity index is 2.26. The first-order chi connectivity index (χ1) is 8.63. The molecule has 1 aromatic rings. The van der Waals surface area contributed by atoms with E-state index in [-0.39, 0.29) is 34.4 Å². The van der Waals surface area contributed by atoms with Gasteiger partial charge in [0, 0.05) is 6.54 Å². The number of piperidine rings is 1. The van der Waals surface area contributed by atoms with Gasteiger partial charge in [-0.1, -0.05) is 23.2 Å². The van der Waals surface area contributed by atoms with Crippen LogP contribution in [0.3, 0.4) is 0 Å². The van der Waals surface area contributed by atoms with Gasteiger partial charge in [0.05, 0.1) is 17.7 Å². The van der Waals surface area contributed by atoms with E-state index in [0.717, 1.165) is 19.3 Å². The van der Waals surface area contributed by atoms with Gasteiger partial charge in [-0.25, -0.2) is 4.98 Å². The number of aliphatic hydroxyl groups excluding tert-OH is 1. The van der Waals surface area contributed by atoms with Crippen LogP contribution in [-0.4, -0.2) is 40.1 Å². The van der Waals surface area contributed by atoms with Crippen molar-refractivity contribution in [2.24, 2.45) is 0 Å². The van der Waals surface area contributed by atoms with Gasteiger partial charge in [0.2, 0.25) is 0 Å². The highest BCUT2D eigenvalue weighted by Gasteiger charge is 2.28. The second-order valence-electron chi connectivity index (χ2n) is 4.30. The summed E-state index contributed by atoms with van der Waals surface area (Å²) in [7, 11) is 0. The molecule has 1 amide bonds. The summed E-state index contributed by atoms with van der Waals surface area (Å²) in [6, 6.07) is 2.95. The van der Waals surface area contributed by atoms with Crippen molar-refractivity contribution < 1.29 is 9.90 Å². The minimum atomic E-state index is -0.263. The number of carbonyl (C=O) groups is 1. The minimum Gasteiger partial charge on any atom is -0.394 e. The number of halogens is 2. The van der Waals surface area contributed by atoms with Crippen LogP contribution >= 0.6 is 23.2 Å². The summed E-state index contributed by atoms with van der Waals surface area (Å²) in [6.07, 6.45) is 2.76. The molecule has 1 unspecified atom stereocenters. The van der Waals surface area contributed by atoms with Crippen LogP contribution < -0.4 is 0 Å². The monoisotopic (exact) mass is 288 g/mol. The zero-order valence-corrected chi connectivity index (χ0v) is 11.3. The zero-order valence-electron chi connectivity index (χ0n) is 9.77. The van der Waals surface area contributed by atoms with Gasteiger partial charge in [-0.05, 0) is 31.4 Å². The van der Waals surface area contributed by atoms with Crippen molar-refractivity contribution in [2.75, 3.05) is 13.2 Å². The van der Waals surface area contributed by atoms with E-state index in [4.69, 9.17) is 23.2 Å². The quantitative estimate of drug-likeness (QED) is 0.850. The highest BCUT2D eigenvalue weighted by Crippen LogP contribution is 2.23. The fourth-order valence-electron chi connectivity index (χ4n) is 2.16. The van der Waals surface area contributed by atoms with Crippen molar-refractivity contribution in [2.45, 2.75) is 25.3 Å². The van der Waals surface area contributed by atoms with Crippen molar-refractivity contribution in [1.82, 2.24) is 9.88 Å². The smallest absolute Gasteiger partial charge is 0.274 e. The van der Waals surface area contributed by atoms with Crippen LogP contribution in [0, 0.1) is 0 Å². The molecule has 0 saturated carbocycles.